The molecule has 2 aromatic rings. The fraction of sp³-hybridized carbons (Fsp3) is 0.200. The second-order valence-corrected chi connectivity index (χ2v) is 5.18. The third-order valence-electron chi connectivity index (χ3n) is 2.72. The molecule has 0 radical (unpaired) electrons. The summed E-state index contributed by atoms with van der Waals surface area (Å²) in [5.41, 5.74) is 8.05. The van der Waals surface area contributed by atoms with Crippen LogP contribution in [0.5, 0.6) is 0 Å². The van der Waals surface area contributed by atoms with E-state index in [-0.39, 0.29) is 6.04 Å². The Bertz CT molecular complexity index is 511. The highest BCUT2D eigenvalue weighted by Gasteiger charge is 2.06. The third-order valence-corrected chi connectivity index (χ3v) is 3.15. The normalized spacial score (nSPS) is 12.4. The van der Waals surface area contributed by atoms with E-state index >= 15 is 0 Å². The van der Waals surface area contributed by atoms with Crippen LogP contribution in [0.4, 0.5) is 0 Å². The molecule has 2 N–H and O–H groups in total. The van der Waals surface area contributed by atoms with E-state index in [0.29, 0.717) is 23.3 Å². The van der Waals surface area contributed by atoms with Crippen LogP contribution in [0.15, 0.2) is 48.5 Å². The summed E-state index contributed by atoms with van der Waals surface area (Å²) >= 11 is 11.8. The average molecular weight is 296 g/mol. The van der Waals surface area contributed by atoms with Crippen LogP contribution in [0.25, 0.3) is 0 Å². The highest BCUT2D eigenvalue weighted by molar-refractivity contribution is 6.34. The molecule has 0 unspecified atom stereocenters. The SMILES string of the molecule is N[C@H](COCc1cc(Cl)cc(Cl)c1)c1ccccc1. The zero-order chi connectivity index (χ0) is 13.7. The van der Waals surface area contributed by atoms with E-state index in [9.17, 15) is 0 Å². The van der Waals surface area contributed by atoms with Crippen molar-refractivity contribution >= 4 is 23.2 Å². The molecule has 19 heavy (non-hydrogen) atoms. The third kappa shape index (κ3) is 4.51. The van der Waals surface area contributed by atoms with Crippen molar-refractivity contribution in [3.63, 3.8) is 0 Å². The molecule has 0 aromatic heterocycles. The first-order valence-corrected chi connectivity index (χ1v) is 6.74. The van der Waals surface area contributed by atoms with Gasteiger partial charge in [0.05, 0.1) is 19.3 Å². The minimum Gasteiger partial charge on any atom is -0.375 e. The first kappa shape index (κ1) is 14.4. The van der Waals surface area contributed by atoms with Crippen LogP contribution in [0.3, 0.4) is 0 Å². The van der Waals surface area contributed by atoms with Crippen molar-refractivity contribution in [1.82, 2.24) is 0 Å². The molecule has 2 aromatic carbocycles. The van der Waals surface area contributed by atoms with Crippen LogP contribution in [0.2, 0.25) is 10.0 Å². The van der Waals surface area contributed by atoms with Crippen molar-refractivity contribution in [1.29, 1.82) is 0 Å². The summed E-state index contributed by atoms with van der Waals surface area (Å²) in [6.07, 6.45) is 0. The molecule has 0 aliphatic heterocycles. The summed E-state index contributed by atoms with van der Waals surface area (Å²) in [5.74, 6) is 0. The van der Waals surface area contributed by atoms with Gasteiger partial charge in [-0.1, -0.05) is 53.5 Å². The van der Waals surface area contributed by atoms with Crippen LogP contribution in [0, 0.1) is 0 Å². The Morgan fingerprint density at radius 3 is 2.26 bits per heavy atom. The Morgan fingerprint density at radius 1 is 1.00 bits per heavy atom. The Labute approximate surface area is 123 Å². The van der Waals surface area contributed by atoms with Gasteiger partial charge in [-0.05, 0) is 29.3 Å². The molecule has 0 amide bonds. The van der Waals surface area contributed by atoms with E-state index in [1.165, 1.54) is 0 Å². The molecule has 0 spiro atoms. The molecule has 1 atom stereocenters. The largest absolute Gasteiger partial charge is 0.375 e. The number of nitrogens with two attached hydrogens (primary N) is 1. The van der Waals surface area contributed by atoms with Crippen molar-refractivity contribution in [2.45, 2.75) is 12.6 Å². The average Bonchev–Trinajstić information content (AvgIpc) is 2.38. The first-order valence-electron chi connectivity index (χ1n) is 5.98. The van der Waals surface area contributed by atoms with Crippen LogP contribution in [-0.4, -0.2) is 6.61 Å². The molecule has 0 heterocycles. The lowest BCUT2D eigenvalue weighted by molar-refractivity contribution is 0.108. The molecule has 100 valence electrons. The van der Waals surface area contributed by atoms with Gasteiger partial charge in [0.15, 0.2) is 0 Å². The van der Waals surface area contributed by atoms with Gasteiger partial charge in [0.1, 0.15) is 0 Å². The van der Waals surface area contributed by atoms with Gasteiger partial charge in [-0.25, -0.2) is 0 Å². The summed E-state index contributed by atoms with van der Waals surface area (Å²) in [5, 5.41) is 1.22. The van der Waals surface area contributed by atoms with Gasteiger partial charge in [0.2, 0.25) is 0 Å². The maximum Gasteiger partial charge on any atom is 0.0718 e. The molecule has 2 nitrogen and oxygen atoms in total. The quantitative estimate of drug-likeness (QED) is 0.897. The molecule has 0 saturated carbocycles. The minimum atomic E-state index is -0.129. The second kappa shape index (κ2) is 6.92. The molecular weight excluding hydrogens is 281 g/mol. The first-order chi connectivity index (χ1) is 9.15. The summed E-state index contributed by atoms with van der Waals surface area (Å²) in [6.45, 7) is 0.898. The second-order valence-electron chi connectivity index (χ2n) is 4.31. The Balaban J connectivity index is 1.86. The van der Waals surface area contributed by atoms with Crippen LogP contribution in [0.1, 0.15) is 17.2 Å². The maximum absolute atomic E-state index is 6.04. The van der Waals surface area contributed by atoms with Gasteiger partial charge in [-0.2, -0.15) is 0 Å². The molecule has 4 heteroatoms. The summed E-state index contributed by atoms with van der Waals surface area (Å²) in [6, 6.07) is 15.1. The molecule has 0 bridgehead atoms. The lowest BCUT2D eigenvalue weighted by Crippen LogP contribution is -2.16. The summed E-state index contributed by atoms with van der Waals surface area (Å²) in [4.78, 5) is 0. The highest BCUT2D eigenvalue weighted by Crippen LogP contribution is 2.20. The molecule has 2 rings (SSSR count). The van der Waals surface area contributed by atoms with Gasteiger partial charge in [0, 0.05) is 10.0 Å². The topological polar surface area (TPSA) is 35.2 Å². The van der Waals surface area contributed by atoms with E-state index < -0.39 is 0 Å². The number of ether oxygens (including phenoxy) is 1. The predicted molar refractivity (Wildman–Crippen MR) is 79.5 cm³/mol. The van der Waals surface area contributed by atoms with Gasteiger partial charge in [0.25, 0.3) is 0 Å². The van der Waals surface area contributed by atoms with E-state index in [1.807, 2.05) is 42.5 Å². The van der Waals surface area contributed by atoms with Crippen molar-refractivity contribution in [3.8, 4) is 0 Å². The number of hydrogen-bond donors (Lipinski definition) is 1. The number of rotatable bonds is 5. The molecular formula is C15H15Cl2NO. The molecule has 0 aliphatic rings. The Hall–Kier alpha value is -1.06. The van der Waals surface area contributed by atoms with Crippen molar-refractivity contribution in [3.05, 3.63) is 69.7 Å². The van der Waals surface area contributed by atoms with Gasteiger partial charge >= 0.3 is 0 Å². The molecule has 0 aliphatic carbocycles. The van der Waals surface area contributed by atoms with Crippen LogP contribution >= 0.6 is 23.2 Å². The number of hydrogen-bond acceptors (Lipinski definition) is 2. The van der Waals surface area contributed by atoms with Crippen LogP contribution < -0.4 is 5.73 Å². The van der Waals surface area contributed by atoms with Crippen molar-refractivity contribution < 1.29 is 4.74 Å². The predicted octanol–water partition coefficient (Wildman–Crippen LogP) is 4.21. The minimum absolute atomic E-state index is 0.129. The number of halogens is 2. The summed E-state index contributed by atoms with van der Waals surface area (Å²) < 4.78 is 5.60. The van der Waals surface area contributed by atoms with Gasteiger partial charge < -0.3 is 10.5 Å². The van der Waals surface area contributed by atoms with Crippen LogP contribution in [-0.2, 0) is 11.3 Å². The fourth-order valence-corrected chi connectivity index (χ4v) is 2.37. The lowest BCUT2D eigenvalue weighted by Gasteiger charge is -2.12. The van der Waals surface area contributed by atoms with E-state index in [4.69, 9.17) is 33.7 Å². The van der Waals surface area contributed by atoms with Gasteiger partial charge in [-0.3, -0.25) is 0 Å². The summed E-state index contributed by atoms with van der Waals surface area (Å²) in [7, 11) is 0. The Morgan fingerprint density at radius 2 is 1.63 bits per heavy atom. The van der Waals surface area contributed by atoms with Crippen molar-refractivity contribution in [2.24, 2.45) is 5.73 Å². The maximum atomic E-state index is 6.04. The number of benzene rings is 2. The van der Waals surface area contributed by atoms with E-state index in [0.717, 1.165) is 11.1 Å². The van der Waals surface area contributed by atoms with Gasteiger partial charge in [-0.15, -0.1) is 0 Å². The fourth-order valence-electron chi connectivity index (χ4n) is 1.79. The van der Waals surface area contributed by atoms with Crippen molar-refractivity contribution in [2.75, 3.05) is 6.61 Å². The molecule has 0 fully saturated rings. The zero-order valence-electron chi connectivity index (χ0n) is 10.4. The monoisotopic (exact) mass is 295 g/mol. The molecule has 0 saturated heterocycles. The standard InChI is InChI=1S/C15H15Cl2NO/c16-13-6-11(7-14(17)8-13)9-19-10-15(18)12-4-2-1-3-5-12/h1-8,15H,9-10,18H2/t15-/m1/s1. The lowest BCUT2D eigenvalue weighted by atomic mass is 10.1. The smallest absolute Gasteiger partial charge is 0.0718 e. The van der Waals surface area contributed by atoms with E-state index in [1.54, 1.807) is 6.07 Å². The zero-order valence-corrected chi connectivity index (χ0v) is 11.9. The highest BCUT2D eigenvalue weighted by atomic mass is 35.5. The van der Waals surface area contributed by atoms with E-state index in [2.05, 4.69) is 0 Å². The Kier molecular flexibility index (Phi) is 5.23.